The van der Waals surface area contributed by atoms with Gasteiger partial charge in [-0.1, -0.05) is 48.0 Å². The zero-order chi connectivity index (χ0) is 35.6. The van der Waals surface area contributed by atoms with Crippen molar-refractivity contribution >= 4 is 60.7 Å². The Labute approximate surface area is 302 Å². The molecule has 1 saturated carbocycles. The number of piperazine rings is 1. The second-order valence-corrected chi connectivity index (χ2v) is 15.5. The first kappa shape index (κ1) is 32.6. The van der Waals surface area contributed by atoms with Crippen LogP contribution in [0.5, 0.6) is 6.01 Å². The molecular formula is C36H31ClFN9O4S. The second kappa shape index (κ2) is 12.8. The maximum absolute atomic E-state index is 16.7. The van der Waals surface area contributed by atoms with Crippen molar-refractivity contribution in [3.63, 3.8) is 0 Å². The number of nitrogens with zero attached hydrogens (tertiary/aromatic N) is 7. The lowest BCUT2D eigenvalue weighted by molar-refractivity contribution is -0.118. The van der Waals surface area contributed by atoms with E-state index in [1.807, 2.05) is 24.3 Å². The van der Waals surface area contributed by atoms with Crippen LogP contribution in [-0.4, -0.2) is 75.2 Å². The average Bonchev–Trinajstić information content (AvgIpc) is 3.77. The number of benzene rings is 3. The van der Waals surface area contributed by atoms with E-state index in [0.717, 1.165) is 35.2 Å². The van der Waals surface area contributed by atoms with Crippen LogP contribution in [-0.2, 0) is 14.8 Å². The van der Waals surface area contributed by atoms with E-state index in [4.69, 9.17) is 16.3 Å². The number of amides is 1. The van der Waals surface area contributed by atoms with Gasteiger partial charge in [-0.3, -0.25) is 9.78 Å². The summed E-state index contributed by atoms with van der Waals surface area (Å²) in [6, 6.07) is 17.1. The maximum atomic E-state index is 16.7. The fraction of sp³-hybridized carbons (Fsp3) is 0.278. The van der Waals surface area contributed by atoms with E-state index < -0.39 is 28.4 Å². The molecule has 2 aliphatic heterocycles. The van der Waals surface area contributed by atoms with Gasteiger partial charge in [0.1, 0.15) is 23.4 Å². The fourth-order valence-corrected chi connectivity index (χ4v) is 8.44. The molecule has 0 radical (unpaired) electrons. The van der Waals surface area contributed by atoms with E-state index >= 15 is 4.39 Å². The Morgan fingerprint density at radius 3 is 2.56 bits per heavy atom. The third kappa shape index (κ3) is 5.97. The van der Waals surface area contributed by atoms with E-state index in [0.29, 0.717) is 46.1 Å². The number of rotatable bonds is 9. The van der Waals surface area contributed by atoms with Crippen molar-refractivity contribution in [3.8, 4) is 17.3 Å². The lowest BCUT2D eigenvalue weighted by atomic mass is 10.0. The van der Waals surface area contributed by atoms with Gasteiger partial charge in [0.15, 0.2) is 18.2 Å². The molecule has 1 amide bonds. The number of carbonyl (C=O) groups excluding carboxylic acids is 1. The van der Waals surface area contributed by atoms with E-state index in [2.05, 4.69) is 40.6 Å². The van der Waals surface area contributed by atoms with Gasteiger partial charge in [-0.2, -0.15) is 18.4 Å². The number of halogens is 2. The van der Waals surface area contributed by atoms with Gasteiger partial charge in [-0.15, -0.1) is 9.19 Å². The molecule has 2 bridgehead atoms. The van der Waals surface area contributed by atoms with Gasteiger partial charge in [-0.25, -0.2) is 9.37 Å². The van der Waals surface area contributed by atoms with E-state index in [-0.39, 0.29) is 45.8 Å². The smallest absolute Gasteiger partial charge is 0.319 e. The van der Waals surface area contributed by atoms with Crippen molar-refractivity contribution in [2.45, 2.75) is 48.6 Å². The number of nitrogens with one attached hydrogen (secondary N) is 2. The zero-order valence-corrected chi connectivity index (χ0v) is 29.1. The molecule has 2 N–H and O–H groups in total. The monoisotopic (exact) mass is 739 g/mol. The van der Waals surface area contributed by atoms with Crippen LogP contribution in [0.15, 0.2) is 78.1 Å². The molecule has 52 heavy (non-hydrogen) atoms. The summed E-state index contributed by atoms with van der Waals surface area (Å²) >= 11 is 6.59. The lowest BCUT2D eigenvalue weighted by Gasteiger charge is -2.34. The highest BCUT2D eigenvalue weighted by Crippen LogP contribution is 2.39. The second-order valence-electron chi connectivity index (χ2n) is 13.3. The molecule has 1 aliphatic carbocycles. The van der Waals surface area contributed by atoms with Crippen molar-refractivity contribution in [1.82, 2.24) is 34.4 Å². The highest BCUT2D eigenvalue weighted by molar-refractivity contribution is 7.89. The summed E-state index contributed by atoms with van der Waals surface area (Å²) in [6.45, 7) is 0.780. The number of fused-ring (bicyclic) bond motifs is 4. The highest BCUT2D eigenvalue weighted by Gasteiger charge is 2.34. The molecule has 2 atom stereocenters. The van der Waals surface area contributed by atoms with Gasteiger partial charge < -0.3 is 20.3 Å². The molecule has 3 fully saturated rings. The van der Waals surface area contributed by atoms with Gasteiger partial charge in [0.25, 0.3) is 15.9 Å². The molecule has 0 spiro atoms. The van der Waals surface area contributed by atoms with Gasteiger partial charge in [0.05, 0.1) is 10.3 Å². The first-order valence-electron chi connectivity index (χ1n) is 17.0. The summed E-state index contributed by atoms with van der Waals surface area (Å²) < 4.78 is 49.8. The van der Waals surface area contributed by atoms with Crippen molar-refractivity contribution in [2.75, 3.05) is 29.9 Å². The number of hydrogen-bond donors (Lipinski definition) is 2. The Morgan fingerprint density at radius 1 is 1.00 bits per heavy atom. The van der Waals surface area contributed by atoms with Crippen LogP contribution in [0, 0.1) is 5.82 Å². The van der Waals surface area contributed by atoms with Crippen LogP contribution in [0.1, 0.15) is 37.4 Å². The molecule has 9 rings (SSSR count). The Kier molecular flexibility index (Phi) is 8.01. The summed E-state index contributed by atoms with van der Waals surface area (Å²) in [4.78, 5) is 33.0. The normalized spacial score (nSPS) is 18.6. The van der Waals surface area contributed by atoms with Gasteiger partial charge >= 0.3 is 6.01 Å². The number of aromatic nitrogens is 6. The summed E-state index contributed by atoms with van der Waals surface area (Å²) in [7, 11) is -4.04. The largest absolute Gasteiger partial charge is 0.453 e. The van der Waals surface area contributed by atoms with Gasteiger partial charge in [-0.05, 0) is 55.3 Å². The minimum Gasteiger partial charge on any atom is -0.453 e. The molecule has 13 nitrogen and oxygen atoms in total. The van der Waals surface area contributed by atoms with E-state index in [1.165, 1.54) is 24.5 Å². The minimum atomic E-state index is -4.04. The Morgan fingerprint density at radius 2 is 1.77 bits per heavy atom. The molecule has 5 heterocycles. The lowest BCUT2D eigenvalue weighted by Crippen LogP contribution is -2.51. The first-order chi connectivity index (χ1) is 25.2. The SMILES string of the molecule is O=C(COc1nc(N2C[C@H]3CC[C@@H](C2)N3)c2cnc(-c3cccc4cccc(Cl)c34)c(F)c2n1)Nc1cccc(S(=O)(=O)n2cnc(C3CC3)n2)c1. The quantitative estimate of drug-likeness (QED) is 0.198. The van der Waals surface area contributed by atoms with Crippen molar-refractivity contribution in [2.24, 2.45) is 0 Å². The molecule has 3 aromatic heterocycles. The Hall–Kier alpha value is -5.25. The number of hydrogen-bond acceptors (Lipinski definition) is 11. The number of ether oxygens (including phenoxy) is 1. The molecule has 6 aromatic rings. The third-order valence-electron chi connectivity index (χ3n) is 9.70. The van der Waals surface area contributed by atoms with E-state index in [9.17, 15) is 13.2 Å². The van der Waals surface area contributed by atoms with Crippen LogP contribution >= 0.6 is 11.6 Å². The van der Waals surface area contributed by atoms with Crippen LogP contribution < -0.4 is 20.3 Å². The van der Waals surface area contributed by atoms with Crippen LogP contribution in [0.25, 0.3) is 32.9 Å². The molecule has 3 aliphatic rings. The maximum Gasteiger partial charge on any atom is 0.319 e. The molecule has 16 heteroatoms. The standard InChI is InChI=1S/C36H31ClFN9O4S/c37-28-9-2-5-20-4-1-8-26(30(20)28)32-31(38)33-27(15-39-32)35(46-16-23-12-13-24(17-46)41-23)44-36(43-33)51-18-29(48)42-22-6-3-7-25(14-22)52(49,50)47-19-40-34(45-47)21-10-11-21/h1-9,14-15,19,21,23-24,41H,10-13,16-18H2,(H,42,48)/t23-,24+. The number of carbonyl (C=O) groups is 1. The summed E-state index contributed by atoms with van der Waals surface area (Å²) in [6.07, 6.45) is 6.67. The summed E-state index contributed by atoms with van der Waals surface area (Å²) in [5.74, 6) is -0.119. The van der Waals surface area contributed by atoms with Crippen LogP contribution in [0.2, 0.25) is 5.02 Å². The topological polar surface area (TPSA) is 157 Å². The predicted octanol–water partition coefficient (Wildman–Crippen LogP) is 5.30. The summed E-state index contributed by atoms with van der Waals surface area (Å²) in [5, 5.41) is 12.8. The molecule has 2 saturated heterocycles. The van der Waals surface area contributed by atoms with Crippen molar-refractivity contribution in [1.29, 1.82) is 0 Å². The molecule has 3 aromatic carbocycles. The van der Waals surface area contributed by atoms with Crippen molar-refractivity contribution < 1.29 is 22.3 Å². The fourth-order valence-electron chi connectivity index (χ4n) is 7.05. The van der Waals surface area contributed by atoms with Gasteiger partial charge in [0.2, 0.25) is 0 Å². The molecule has 264 valence electrons. The predicted molar refractivity (Wildman–Crippen MR) is 193 cm³/mol. The van der Waals surface area contributed by atoms with Gasteiger partial charge in [0, 0.05) is 58.9 Å². The minimum absolute atomic E-state index is 0.00351. The molecular weight excluding hydrogens is 709 g/mol. The highest BCUT2D eigenvalue weighted by atomic mass is 35.5. The van der Waals surface area contributed by atoms with Crippen molar-refractivity contribution in [3.05, 3.63) is 89.9 Å². The molecule has 0 unspecified atom stereocenters. The Bertz CT molecular complexity index is 2490. The number of anilines is 2. The Balaban J connectivity index is 1.01. The third-order valence-corrected chi connectivity index (χ3v) is 11.5. The van der Waals surface area contributed by atoms with E-state index in [1.54, 1.807) is 24.4 Å². The first-order valence-corrected chi connectivity index (χ1v) is 18.8. The van der Waals surface area contributed by atoms with Crippen LogP contribution in [0.3, 0.4) is 0 Å². The van der Waals surface area contributed by atoms with Crippen LogP contribution in [0.4, 0.5) is 15.9 Å². The summed E-state index contributed by atoms with van der Waals surface area (Å²) in [5.41, 5.74) is 0.811. The average molecular weight is 740 g/mol. The zero-order valence-electron chi connectivity index (χ0n) is 27.5. The number of pyridine rings is 1.